The van der Waals surface area contributed by atoms with Crippen LogP contribution in [0.4, 0.5) is 0 Å². The average molecular weight is 362 g/mol. The molecule has 0 spiro atoms. The van der Waals surface area contributed by atoms with Crippen LogP contribution in [0.3, 0.4) is 0 Å². The first kappa shape index (κ1) is 16.5. The molecule has 0 heterocycles. The number of Topliss-reactive ketones (excluding diaryl/α,β-unsaturated/α-hetero) is 1. The van der Waals surface area contributed by atoms with E-state index in [1.807, 2.05) is 6.07 Å². The molecule has 2 rings (SSSR count). The summed E-state index contributed by atoms with van der Waals surface area (Å²) in [4.78, 5) is 12.1. The molecule has 0 saturated carbocycles. The van der Waals surface area contributed by atoms with Crippen molar-refractivity contribution in [3.63, 3.8) is 0 Å². The van der Waals surface area contributed by atoms with Gasteiger partial charge in [-0.1, -0.05) is 53.0 Å². The zero-order valence-corrected chi connectivity index (χ0v) is 13.9. The van der Waals surface area contributed by atoms with Crippen LogP contribution in [0.5, 0.6) is 0 Å². The third kappa shape index (κ3) is 4.55. The molecule has 0 bridgehead atoms. The fourth-order valence-electron chi connectivity index (χ4n) is 1.78. The van der Waals surface area contributed by atoms with Gasteiger partial charge in [-0.15, -0.1) is 0 Å². The van der Waals surface area contributed by atoms with Gasteiger partial charge in [0.05, 0.1) is 16.5 Å². The van der Waals surface area contributed by atoms with E-state index in [1.54, 1.807) is 30.3 Å². The maximum atomic E-state index is 12.1. The Morgan fingerprint density at radius 3 is 2.43 bits per heavy atom. The third-order valence-corrected chi connectivity index (χ3v) is 4.95. The molecule has 0 fully saturated rings. The fraction of sp³-hybridized carbons (Fsp3) is 0.133. The second-order valence-corrected chi connectivity index (χ2v) is 7.08. The van der Waals surface area contributed by atoms with Crippen LogP contribution in [-0.4, -0.2) is 15.7 Å². The van der Waals surface area contributed by atoms with Gasteiger partial charge in [-0.25, -0.2) is 0 Å². The lowest BCUT2D eigenvalue weighted by Crippen LogP contribution is -2.13. The second kappa shape index (κ2) is 7.41. The van der Waals surface area contributed by atoms with Crippen molar-refractivity contribution in [2.45, 2.75) is 5.75 Å². The van der Waals surface area contributed by atoms with Crippen LogP contribution < -0.4 is 0 Å². The summed E-state index contributed by atoms with van der Waals surface area (Å²) in [7, 11) is -1.36. The van der Waals surface area contributed by atoms with Gasteiger partial charge in [-0.05, 0) is 29.8 Å². The second-order valence-electron chi connectivity index (χ2n) is 4.37. The lowest BCUT2D eigenvalue weighted by Gasteiger charge is -2.06. The summed E-state index contributed by atoms with van der Waals surface area (Å²) < 4.78 is 12.1. The first-order chi connectivity index (χ1) is 9.97. The quantitative estimate of drug-likeness (QED) is 0.718. The monoisotopic (exact) mass is 360 g/mol. The molecule has 2 nitrogen and oxygen atoms in total. The number of rotatable bonds is 5. The zero-order chi connectivity index (χ0) is 15.4. The number of hydrogen-bond acceptors (Lipinski definition) is 2. The molecule has 0 radical (unpaired) electrons. The highest BCUT2D eigenvalue weighted by atomic mass is 35.5. The molecule has 6 heteroatoms. The van der Waals surface area contributed by atoms with Crippen LogP contribution in [0.2, 0.25) is 15.1 Å². The summed E-state index contributed by atoms with van der Waals surface area (Å²) in [6.45, 7) is 0. The van der Waals surface area contributed by atoms with Crippen molar-refractivity contribution < 1.29 is 9.00 Å². The smallest absolute Gasteiger partial charge is 0.176 e. The predicted octanol–water partition coefficient (Wildman–Crippen LogP) is 4.78. The lowest BCUT2D eigenvalue weighted by molar-refractivity contribution is 0.102. The Balaban J connectivity index is 2.08. The van der Waals surface area contributed by atoms with E-state index in [1.165, 1.54) is 6.07 Å². The molecule has 2 aromatic carbocycles. The minimum atomic E-state index is -1.36. The van der Waals surface area contributed by atoms with Gasteiger partial charge < -0.3 is 0 Å². The highest BCUT2D eigenvalue weighted by molar-refractivity contribution is 7.85. The molecule has 0 saturated heterocycles. The molecule has 110 valence electrons. The summed E-state index contributed by atoms with van der Waals surface area (Å²) in [5.41, 5.74) is 1.04. The van der Waals surface area contributed by atoms with Crippen molar-refractivity contribution in [2.24, 2.45) is 0 Å². The maximum Gasteiger partial charge on any atom is 0.176 e. The van der Waals surface area contributed by atoms with Crippen LogP contribution in [0, 0.1) is 0 Å². The van der Waals surface area contributed by atoms with Crippen molar-refractivity contribution in [2.75, 3.05) is 5.75 Å². The van der Waals surface area contributed by atoms with Crippen molar-refractivity contribution >= 4 is 51.4 Å². The standard InChI is InChI=1S/C15H11Cl3O2S/c16-11-5-6-14(18)12(7-11)15(19)9-21(20)8-10-3-1-2-4-13(10)17/h1-7H,8-9H2. The van der Waals surface area contributed by atoms with E-state index in [9.17, 15) is 9.00 Å². The van der Waals surface area contributed by atoms with Crippen molar-refractivity contribution in [3.8, 4) is 0 Å². The van der Waals surface area contributed by atoms with Gasteiger partial charge in [0.2, 0.25) is 0 Å². The largest absolute Gasteiger partial charge is 0.293 e. The molecule has 0 aliphatic rings. The Morgan fingerprint density at radius 1 is 1.00 bits per heavy atom. The molecule has 1 unspecified atom stereocenters. The minimum absolute atomic E-state index is 0.120. The van der Waals surface area contributed by atoms with Gasteiger partial charge in [-0.2, -0.15) is 0 Å². The first-order valence-corrected chi connectivity index (χ1v) is 8.66. The molecule has 0 N–H and O–H groups in total. The van der Waals surface area contributed by atoms with E-state index >= 15 is 0 Å². The van der Waals surface area contributed by atoms with Gasteiger partial charge in [0.25, 0.3) is 0 Å². The fourth-order valence-corrected chi connectivity index (χ4v) is 3.60. The zero-order valence-electron chi connectivity index (χ0n) is 10.8. The number of halogens is 3. The van der Waals surface area contributed by atoms with Crippen LogP contribution >= 0.6 is 34.8 Å². The topological polar surface area (TPSA) is 34.1 Å². The molecule has 2 aromatic rings. The summed E-state index contributed by atoms with van der Waals surface area (Å²) in [5, 5.41) is 1.26. The molecule has 0 amide bonds. The van der Waals surface area contributed by atoms with Crippen molar-refractivity contribution in [1.82, 2.24) is 0 Å². The van der Waals surface area contributed by atoms with E-state index in [0.29, 0.717) is 15.1 Å². The molecule has 0 aliphatic heterocycles. The molecule has 21 heavy (non-hydrogen) atoms. The van der Waals surface area contributed by atoms with E-state index in [4.69, 9.17) is 34.8 Å². The number of carbonyl (C=O) groups excluding carboxylic acids is 1. The summed E-state index contributed by atoms with van der Waals surface area (Å²) in [5.74, 6) is -0.192. The van der Waals surface area contributed by atoms with Crippen LogP contribution in [0.15, 0.2) is 42.5 Å². The highest BCUT2D eigenvalue weighted by Gasteiger charge is 2.15. The normalized spacial score (nSPS) is 12.1. The molecular formula is C15H11Cl3O2S. The summed E-state index contributed by atoms with van der Waals surface area (Å²) >= 11 is 17.8. The van der Waals surface area contributed by atoms with Gasteiger partial charge in [0.1, 0.15) is 0 Å². The number of ketones is 1. The highest BCUT2D eigenvalue weighted by Crippen LogP contribution is 2.22. The molecule has 0 aliphatic carbocycles. The Hall–Kier alpha value is -0.870. The molecule has 0 aromatic heterocycles. The Morgan fingerprint density at radius 2 is 1.71 bits per heavy atom. The van der Waals surface area contributed by atoms with E-state index in [0.717, 1.165) is 5.56 Å². The number of hydrogen-bond donors (Lipinski definition) is 0. The van der Waals surface area contributed by atoms with E-state index in [2.05, 4.69) is 0 Å². The summed E-state index contributed by atoms with van der Waals surface area (Å²) in [6, 6.07) is 11.8. The Kier molecular flexibility index (Phi) is 5.82. The molecular weight excluding hydrogens is 351 g/mol. The Bertz CT molecular complexity index is 701. The van der Waals surface area contributed by atoms with Crippen molar-refractivity contribution in [1.29, 1.82) is 0 Å². The van der Waals surface area contributed by atoms with Crippen LogP contribution in [-0.2, 0) is 16.6 Å². The summed E-state index contributed by atoms with van der Waals surface area (Å²) in [6.07, 6.45) is 0. The van der Waals surface area contributed by atoms with Gasteiger partial charge in [0.15, 0.2) is 5.78 Å². The molecule has 1 atom stereocenters. The number of carbonyl (C=O) groups is 1. The van der Waals surface area contributed by atoms with Crippen LogP contribution in [0.1, 0.15) is 15.9 Å². The lowest BCUT2D eigenvalue weighted by atomic mass is 10.1. The van der Waals surface area contributed by atoms with Crippen molar-refractivity contribution in [3.05, 3.63) is 68.7 Å². The third-order valence-electron chi connectivity index (χ3n) is 2.80. The number of benzene rings is 2. The maximum absolute atomic E-state index is 12.1. The average Bonchev–Trinajstić information content (AvgIpc) is 2.44. The van der Waals surface area contributed by atoms with Gasteiger partial charge in [0, 0.05) is 26.4 Å². The van der Waals surface area contributed by atoms with Gasteiger partial charge >= 0.3 is 0 Å². The van der Waals surface area contributed by atoms with E-state index < -0.39 is 10.8 Å². The predicted molar refractivity (Wildman–Crippen MR) is 89.0 cm³/mol. The minimum Gasteiger partial charge on any atom is -0.293 e. The van der Waals surface area contributed by atoms with Crippen LogP contribution in [0.25, 0.3) is 0 Å². The first-order valence-electron chi connectivity index (χ1n) is 6.04. The SMILES string of the molecule is O=C(CS(=O)Cc1ccccc1Cl)c1cc(Cl)ccc1Cl. The van der Waals surface area contributed by atoms with E-state index in [-0.39, 0.29) is 22.9 Å². The van der Waals surface area contributed by atoms with Gasteiger partial charge in [-0.3, -0.25) is 9.00 Å². The Labute approximate surface area is 140 Å².